The molecule has 0 unspecified atom stereocenters. The van der Waals surface area contributed by atoms with Gasteiger partial charge in [-0.05, 0) is 78.9 Å². The Morgan fingerprint density at radius 1 is 0.596 bits per heavy atom. The minimum Gasteiger partial charge on any atom is -0.482 e. The van der Waals surface area contributed by atoms with Crippen LogP contribution in [0.3, 0.4) is 0 Å². The molecular formula is C41H34N4O12. The van der Waals surface area contributed by atoms with Crippen molar-refractivity contribution in [1.82, 2.24) is 5.48 Å². The maximum Gasteiger partial charge on any atom is 0.337 e. The standard InChI is InChI=1S/C16H13NO4.C15H12N2O4.C10H9NO4/c1-20-16(19)11-7-8-14-13(9-11)17(15(18)10-21-14)12-5-3-2-4-6-12;18-14-9-21-13-7-6-10(15(19)16-20)8-12(13)17(14)11-4-2-1-3-5-11;1-14-10(13)6-2-3-8-7(4-6)11-9(12)5-15-8/h2-9H,10H2,1H3;1-8,20H,9H2,(H,16,19);2-4H,5H2,1H3,(H,11,12). The first-order valence-electron chi connectivity index (χ1n) is 17.1. The highest BCUT2D eigenvalue weighted by molar-refractivity contribution is 6.07. The molecule has 0 aliphatic carbocycles. The summed E-state index contributed by atoms with van der Waals surface area (Å²) in [4.78, 5) is 72.8. The SMILES string of the molecule is COC(=O)c1ccc2c(c1)N(c1ccccc1)C(=O)CO2.COC(=O)c1ccc2c(c1)NC(=O)CO2.O=C(NO)c1ccc2c(c1)N(c1ccccc1)C(=O)CO2. The molecule has 0 fully saturated rings. The first-order chi connectivity index (χ1) is 27.6. The molecule has 3 N–H and O–H groups in total. The molecule has 0 bridgehead atoms. The zero-order valence-corrected chi connectivity index (χ0v) is 30.4. The summed E-state index contributed by atoms with van der Waals surface area (Å²) < 4.78 is 25.2. The third kappa shape index (κ3) is 8.82. The van der Waals surface area contributed by atoms with Crippen molar-refractivity contribution in [2.75, 3.05) is 49.2 Å². The average molecular weight is 775 g/mol. The van der Waals surface area contributed by atoms with E-state index in [4.69, 9.17) is 24.2 Å². The first-order valence-corrected chi connectivity index (χ1v) is 17.1. The van der Waals surface area contributed by atoms with E-state index < -0.39 is 17.8 Å². The number of hydroxylamine groups is 1. The van der Waals surface area contributed by atoms with Gasteiger partial charge in [0.05, 0.1) is 42.4 Å². The van der Waals surface area contributed by atoms with Crippen LogP contribution in [0.4, 0.5) is 28.4 Å². The van der Waals surface area contributed by atoms with Gasteiger partial charge in [0.1, 0.15) is 17.2 Å². The van der Waals surface area contributed by atoms with Crippen LogP contribution in [0.25, 0.3) is 0 Å². The quantitative estimate of drug-likeness (QED) is 0.120. The number of esters is 2. The molecule has 3 aliphatic heterocycles. The Morgan fingerprint density at radius 2 is 1.04 bits per heavy atom. The van der Waals surface area contributed by atoms with Crippen molar-refractivity contribution in [1.29, 1.82) is 0 Å². The zero-order valence-electron chi connectivity index (χ0n) is 30.4. The summed E-state index contributed by atoms with van der Waals surface area (Å²) in [6, 6.07) is 32.6. The number of hydrogen-bond donors (Lipinski definition) is 3. The Labute approximate surface area is 325 Å². The van der Waals surface area contributed by atoms with Crippen LogP contribution in [0.1, 0.15) is 31.1 Å². The number of rotatable bonds is 5. The number of amides is 4. The van der Waals surface area contributed by atoms with Gasteiger partial charge in [-0.25, -0.2) is 15.1 Å². The van der Waals surface area contributed by atoms with Crippen molar-refractivity contribution in [3.05, 3.63) is 132 Å². The van der Waals surface area contributed by atoms with E-state index >= 15 is 0 Å². The van der Waals surface area contributed by atoms with Crippen molar-refractivity contribution in [3.8, 4) is 17.2 Å². The molecule has 0 radical (unpaired) electrons. The second kappa shape index (κ2) is 17.6. The Balaban J connectivity index is 0.000000147. The fraction of sp³-hybridized carbons (Fsp3) is 0.122. The summed E-state index contributed by atoms with van der Waals surface area (Å²) >= 11 is 0. The van der Waals surface area contributed by atoms with Crippen LogP contribution in [0.2, 0.25) is 0 Å². The number of benzene rings is 5. The highest BCUT2D eigenvalue weighted by Crippen LogP contribution is 2.39. The summed E-state index contributed by atoms with van der Waals surface area (Å²) in [5.74, 6) is -0.568. The van der Waals surface area contributed by atoms with Gasteiger partial charge in [-0.1, -0.05) is 36.4 Å². The molecule has 16 nitrogen and oxygen atoms in total. The number of hydrogen-bond acceptors (Lipinski definition) is 12. The fourth-order valence-corrected chi connectivity index (χ4v) is 5.80. The second-order valence-corrected chi connectivity index (χ2v) is 12.0. The fourth-order valence-electron chi connectivity index (χ4n) is 5.80. The normalized spacial score (nSPS) is 13.4. The number of fused-ring (bicyclic) bond motifs is 3. The lowest BCUT2D eigenvalue weighted by Gasteiger charge is -2.29. The van der Waals surface area contributed by atoms with Crippen molar-refractivity contribution >= 4 is 64.0 Å². The van der Waals surface area contributed by atoms with E-state index in [1.807, 2.05) is 48.5 Å². The molecule has 8 rings (SSSR count). The summed E-state index contributed by atoms with van der Waals surface area (Å²) in [6.07, 6.45) is 0. The predicted molar refractivity (Wildman–Crippen MR) is 204 cm³/mol. The van der Waals surface area contributed by atoms with Crippen molar-refractivity contribution in [2.24, 2.45) is 0 Å². The highest BCUT2D eigenvalue weighted by atomic mass is 16.5. The summed E-state index contributed by atoms with van der Waals surface area (Å²) in [6.45, 7) is -0.0858. The molecule has 5 aromatic carbocycles. The van der Waals surface area contributed by atoms with Crippen LogP contribution in [0.15, 0.2) is 115 Å². The van der Waals surface area contributed by atoms with Crippen LogP contribution in [0.5, 0.6) is 17.2 Å². The van der Waals surface area contributed by atoms with Crippen LogP contribution in [-0.4, -0.2) is 74.8 Å². The second-order valence-electron chi connectivity index (χ2n) is 12.0. The van der Waals surface area contributed by atoms with E-state index in [1.54, 1.807) is 58.9 Å². The van der Waals surface area contributed by atoms with E-state index in [1.165, 1.54) is 37.3 Å². The van der Waals surface area contributed by atoms with Crippen LogP contribution in [-0.2, 0) is 23.9 Å². The molecule has 0 aromatic heterocycles. The molecular weight excluding hydrogens is 740 g/mol. The molecule has 0 atom stereocenters. The number of para-hydroxylation sites is 2. The van der Waals surface area contributed by atoms with Gasteiger partial charge in [0.2, 0.25) is 0 Å². The minimum atomic E-state index is -0.649. The number of nitrogens with one attached hydrogen (secondary N) is 2. The maximum atomic E-state index is 12.2. The van der Waals surface area contributed by atoms with Gasteiger partial charge >= 0.3 is 11.9 Å². The number of carbonyl (C=O) groups excluding carboxylic acids is 6. The Morgan fingerprint density at radius 3 is 1.53 bits per heavy atom. The lowest BCUT2D eigenvalue weighted by atomic mass is 10.1. The Hall–Kier alpha value is -7.72. The van der Waals surface area contributed by atoms with E-state index in [0.717, 1.165) is 5.69 Å². The van der Waals surface area contributed by atoms with Gasteiger partial charge in [0, 0.05) is 16.9 Å². The molecule has 3 heterocycles. The van der Waals surface area contributed by atoms with Crippen molar-refractivity contribution in [2.45, 2.75) is 0 Å². The molecule has 16 heteroatoms. The maximum absolute atomic E-state index is 12.2. The molecule has 0 saturated heterocycles. The zero-order chi connectivity index (χ0) is 40.5. The highest BCUT2D eigenvalue weighted by Gasteiger charge is 2.29. The van der Waals surface area contributed by atoms with E-state index in [-0.39, 0.29) is 43.1 Å². The summed E-state index contributed by atoms with van der Waals surface area (Å²) in [5.41, 5.74) is 5.48. The molecule has 57 heavy (non-hydrogen) atoms. The number of methoxy groups -OCH3 is 2. The van der Waals surface area contributed by atoms with E-state index in [2.05, 4.69) is 10.1 Å². The minimum absolute atomic E-state index is 0.00453. The smallest absolute Gasteiger partial charge is 0.337 e. The lowest BCUT2D eigenvalue weighted by molar-refractivity contribution is -0.121. The molecule has 290 valence electrons. The van der Waals surface area contributed by atoms with E-state index in [0.29, 0.717) is 51.1 Å². The average Bonchev–Trinajstić information content (AvgIpc) is 3.25. The van der Waals surface area contributed by atoms with Crippen LogP contribution < -0.4 is 34.8 Å². The topological polar surface area (TPSA) is 199 Å². The molecule has 3 aliphatic rings. The summed E-state index contributed by atoms with van der Waals surface area (Å²) in [5, 5.41) is 11.3. The van der Waals surface area contributed by atoms with Gasteiger partial charge in [0.25, 0.3) is 23.6 Å². The molecule has 0 saturated carbocycles. The Kier molecular flexibility index (Phi) is 12.0. The molecule has 0 spiro atoms. The third-order valence-electron chi connectivity index (χ3n) is 8.45. The van der Waals surface area contributed by atoms with Gasteiger partial charge in [-0.2, -0.15) is 0 Å². The van der Waals surface area contributed by atoms with Gasteiger partial charge in [0.15, 0.2) is 19.8 Å². The van der Waals surface area contributed by atoms with Crippen LogP contribution >= 0.6 is 0 Å². The first kappa shape index (κ1) is 39.0. The lowest BCUT2D eigenvalue weighted by Crippen LogP contribution is -2.35. The van der Waals surface area contributed by atoms with Gasteiger partial charge < -0.3 is 29.0 Å². The molecule has 4 amide bonds. The number of ether oxygens (including phenoxy) is 5. The summed E-state index contributed by atoms with van der Waals surface area (Å²) in [7, 11) is 2.62. The van der Waals surface area contributed by atoms with Crippen molar-refractivity contribution in [3.63, 3.8) is 0 Å². The van der Waals surface area contributed by atoms with Gasteiger partial charge in [-0.3, -0.25) is 34.2 Å². The number of carbonyl (C=O) groups is 6. The number of nitrogens with zero attached hydrogens (tertiary/aromatic N) is 2. The third-order valence-corrected chi connectivity index (χ3v) is 8.45. The number of anilines is 5. The van der Waals surface area contributed by atoms with Crippen molar-refractivity contribution < 1.29 is 57.7 Å². The van der Waals surface area contributed by atoms with E-state index in [9.17, 15) is 28.8 Å². The van der Waals surface area contributed by atoms with Crippen LogP contribution in [0, 0.1) is 0 Å². The monoisotopic (exact) mass is 774 g/mol. The van der Waals surface area contributed by atoms with Gasteiger partial charge in [-0.15, -0.1) is 0 Å². The largest absolute Gasteiger partial charge is 0.482 e. The predicted octanol–water partition coefficient (Wildman–Crippen LogP) is 5.20. The molecule has 5 aromatic rings. The Bertz CT molecular complexity index is 2210.